The molecule has 2 aromatic carbocycles. The molecule has 0 aliphatic rings. The topological polar surface area (TPSA) is 44.5 Å². The summed E-state index contributed by atoms with van der Waals surface area (Å²) in [6.07, 6.45) is 0.992. The second-order valence-electron chi connectivity index (χ2n) is 4.30. The lowest BCUT2D eigenvalue weighted by Gasteiger charge is -2.07. The first-order valence-corrected chi connectivity index (χ1v) is 7.51. The molecule has 0 atom stereocenters. The molecule has 0 spiro atoms. The highest BCUT2D eigenvalue weighted by atomic mass is 32.2. The molecule has 0 heterocycles. The second kappa shape index (κ2) is 7.70. The maximum absolute atomic E-state index is 5.69. The van der Waals surface area contributed by atoms with Gasteiger partial charge in [-0.3, -0.25) is 0 Å². The average molecular weight is 289 g/mol. The van der Waals surface area contributed by atoms with Crippen LogP contribution in [0.2, 0.25) is 0 Å². The van der Waals surface area contributed by atoms with E-state index in [4.69, 9.17) is 15.2 Å². The molecule has 0 aromatic heterocycles. The Hall–Kier alpha value is -1.81. The number of nitrogen functional groups attached to an aromatic ring is 1. The van der Waals surface area contributed by atoms with E-state index in [-0.39, 0.29) is 0 Å². The van der Waals surface area contributed by atoms with E-state index in [1.807, 2.05) is 48.2 Å². The third-order valence-electron chi connectivity index (χ3n) is 2.74. The van der Waals surface area contributed by atoms with Gasteiger partial charge in [0.15, 0.2) is 0 Å². The predicted molar refractivity (Wildman–Crippen MR) is 84.7 cm³/mol. The van der Waals surface area contributed by atoms with Crippen molar-refractivity contribution in [3.63, 3.8) is 0 Å². The summed E-state index contributed by atoms with van der Waals surface area (Å²) in [5.41, 5.74) is 6.43. The standard InChI is InChI=1S/C16H19NO2S/c1-18-14-6-8-16(9-7-14)20-11-3-10-19-15-5-2-4-13(17)12-15/h2,4-9,12H,3,10-11,17H2,1H3. The van der Waals surface area contributed by atoms with E-state index in [2.05, 4.69) is 12.1 Å². The Morgan fingerprint density at radius 3 is 2.55 bits per heavy atom. The van der Waals surface area contributed by atoms with Gasteiger partial charge in [0.25, 0.3) is 0 Å². The van der Waals surface area contributed by atoms with Crippen LogP contribution in [0.3, 0.4) is 0 Å². The number of nitrogens with two attached hydrogens (primary N) is 1. The number of benzene rings is 2. The molecular weight excluding hydrogens is 270 g/mol. The fraction of sp³-hybridized carbons (Fsp3) is 0.250. The largest absolute Gasteiger partial charge is 0.497 e. The third-order valence-corrected chi connectivity index (χ3v) is 3.84. The highest BCUT2D eigenvalue weighted by Crippen LogP contribution is 2.22. The summed E-state index contributed by atoms with van der Waals surface area (Å²) >= 11 is 1.82. The van der Waals surface area contributed by atoms with E-state index in [1.165, 1.54) is 4.90 Å². The summed E-state index contributed by atoms with van der Waals surface area (Å²) in [6.45, 7) is 0.701. The maximum Gasteiger partial charge on any atom is 0.121 e. The van der Waals surface area contributed by atoms with Crippen LogP contribution in [0.4, 0.5) is 5.69 Å². The smallest absolute Gasteiger partial charge is 0.121 e. The van der Waals surface area contributed by atoms with Gasteiger partial charge in [-0.2, -0.15) is 0 Å². The van der Waals surface area contributed by atoms with Crippen molar-refractivity contribution in [2.45, 2.75) is 11.3 Å². The zero-order valence-electron chi connectivity index (χ0n) is 11.5. The molecule has 0 saturated heterocycles. The van der Waals surface area contributed by atoms with E-state index < -0.39 is 0 Å². The van der Waals surface area contributed by atoms with Crippen molar-refractivity contribution in [1.82, 2.24) is 0 Å². The van der Waals surface area contributed by atoms with Gasteiger partial charge in [0, 0.05) is 22.4 Å². The van der Waals surface area contributed by atoms with Gasteiger partial charge >= 0.3 is 0 Å². The first kappa shape index (κ1) is 14.6. The Labute approximate surface area is 124 Å². The van der Waals surface area contributed by atoms with Crippen molar-refractivity contribution < 1.29 is 9.47 Å². The number of methoxy groups -OCH3 is 1. The summed E-state index contributed by atoms with van der Waals surface area (Å²) in [5, 5.41) is 0. The number of rotatable bonds is 7. The minimum Gasteiger partial charge on any atom is -0.497 e. The summed E-state index contributed by atoms with van der Waals surface area (Å²) in [5.74, 6) is 2.74. The Bertz CT molecular complexity index is 528. The number of hydrogen-bond acceptors (Lipinski definition) is 4. The Morgan fingerprint density at radius 1 is 1.05 bits per heavy atom. The van der Waals surface area contributed by atoms with Crippen LogP contribution >= 0.6 is 11.8 Å². The molecule has 0 radical (unpaired) electrons. The van der Waals surface area contributed by atoms with Crippen LogP contribution in [0.1, 0.15) is 6.42 Å². The van der Waals surface area contributed by atoms with E-state index >= 15 is 0 Å². The lowest BCUT2D eigenvalue weighted by molar-refractivity contribution is 0.319. The minimum absolute atomic E-state index is 0.701. The van der Waals surface area contributed by atoms with Crippen LogP contribution < -0.4 is 15.2 Å². The SMILES string of the molecule is COc1ccc(SCCCOc2cccc(N)c2)cc1. The Kier molecular flexibility index (Phi) is 5.62. The van der Waals surface area contributed by atoms with Gasteiger partial charge in [-0.05, 0) is 42.8 Å². The fourth-order valence-corrected chi connectivity index (χ4v) is 2.54. The number of thioether (sulfide) groups is 1. The lowest BCUT2D eigenvalue weighted by Crippen LogP contribution is -1.99. The monoisotopic (exact) mass is 289 g/mol. The van der Waals surface area contributed by atoms with Crippen LogP contribution in [0.5, 0.6) is 11.5 Å². The van der Waals surface area contributed by atoms with Crippen molar-refractivity contribution in [2.24, 2.45) is 0 Å². The van der Waals surface area contributed by atoms with Crippen LogP contribution in [-0.4, -0.2) is 19.5 Å². The first-order valence-electron chi connectivity index (χ1n) is 6.53. The van der Waals surface area contributed by atoms with Gasteiger partial charge in [-0.25, -0.2) is 0 Å². The number of hydrogen-bond donors (Lipinski definition) is 1. The fourth-order valence-electron chi connectivity index (χ4n) is 1.72. The van der Waals surface area contributed by atoms with Crippen LogP contribution in [0, 0.1) is 0 Å². The van der Waals surface area contributed by atoms with Gasteiger partial charge < -0.3 is 15.2 Å². The van der Waals surface area contributed by atoms with Gasteiger partial charge in [-0.15, -0.1) is 11.8 Å². The average Bonchev–Trinajstić information content (AvgIpc) is 2.48. The summed E-state index contributed by atoms with van der Waals surface area (Å²) in [4.78, 5) is 1.25. The van der Waals surface area contributed by atoms with Gasteiger partial charge in [0.1, 0.15) is 11.5 Å². The highest BCUT2D eigenvalue weighted by molar-refractivity contribution is 7.99. The van der Waals surface area contributed by atoms with Crippen LogP contribution in [0.15, 0.2) is 53.4 Å². The number of ether oxygens (including phenoxy) is 2. The Morgan fingerprint density at radius 2 is 1.85 bits per heavy atom. The maximum atomic E-state index is 5.69. The molecule has 20 heavy (non-hydrogen) atoms. The molecule has 4 heteroatoms. The van der Waals surface area contributed by atoms with Crippen LogP contribution in [0.25, 0.3) is 0 Å². The van der Waals surface area contributed by atoms with Crippen molar-refractivity contribution in [3.8, 4) is 11.5 Å². The molecule has 3 nitrogen and oxygen atoms in total. The number of anilines is 1. The van der Waals surface area contributed by atoms with Gasteiger partial charge in [-0.1, -0.05) is 6.07 Å². The molecular formula is C16H19NO2S. The molecule has 106 valence electrons. The highest BCUT2D eigenvalue weighted by Gasteiger charge is 1.97. The van der Waals surface area contributed by atoms with Gasteiger partial charge in [0.05, 0.1) is 13.7 Å². The zero-order chi connectivity index (χ0) is 14.2. The van der Waals surface area contributed by atoms with Crippen molar-refractivity contribution >= 4 is 17.4 Å². The molecule has 0 aliphatic carbocycles. The van der Waals surface area contributed by atoms with E-state index in [0.29, 0.717) is 6.61 Å². The summed E-state index contributed by atoms with van der Waals surface area (Å²) in [6, 6.07) is 15.6. The van der Waals surface area contributed by atoms with E-state index in [9.17, 15) is 0 Å². The van der Waals surface area contributed by atoms with Crippen molar-refractivity contribution in [3.05, 3.63) is 48.5 Å². The van der Waals surface area contributed by atoms with E-state index in [1.54, 1.807) is 7.11 Å². The minimum atomic E-state index is 0.701. The molecule has 0 saturated carbocycles. The Balaban J connectivity index is 1.66. The third kappa shape index (κ3) is 4.70. The van der Waals surface area contributed by atoms with Crippen molar-refractivity contribution in [2.75, 3.05) is 25.2 Å². The lowest BCUT2D eigenvalue weighted by atomic mass is 10.3. The normalized spacial score (nSPS) is 10.2. The molecule has 2 N–H and O–H groups in total. The zero-order valence-corrected chi connectivity index (χ0v) is 12.4. The summed E-state index contributed by atoms with van der Waals surface area (Å²) < 4.78 is 10.8. The molecule has 0 amide bonds. The second-order valence-corrected chi connectivity index (χ2v) is 5.47. The van der Waals surface area contributed by atoms with Crippen LogP contribution in [-0.2, 0) is 0 Å². The van der Waals surface area contributed by atoms with E-state index in [0.717, 1.165) is 29.4 Å². The van der Waals surface area contributed by atoms with Gasteiger partial charge in [0.2, 0.25) is 0 Å². The molecule has 0 aliphatic heterocycles. The molecule has 2 rings (SSSR count). The molecule has 0 unspecified atom stereocenters. The summed E-state index contributed by atoms with van der Waals surface area (Å²) in [7, 11) is 1.68. The quantitative estimate of drug-likeness (QED) is 0.478. The molecule has 0 bridgehead atoms. The predicted octanol–water partition coefficient (Wildman–Crippen LogP) is 3.84. The molecule has 2 aromatic rings. The molecule has 0 fully saturated rings. The first-order chi connectivity index (χ1) is 9.78. The van der Waals surface area contributed by atoms with Crippen molar-refractivity contribution in [1.29, 1.82) is 0 Å².